The van der Waals surface area contributed by atoms with E-state index in [2.05, 4.69) is 15.3 Å². The van der Waals surface area contributed by atoms with Gasteiger partial charge in [-0.3, -0.25) is 4.79 Å². The molecule has 5 nitrogen and oxygen atoms in total. The lowest BCUT2D eigenvalue weighted by molar-refractivity contribution is 0.0951. The highest BCUT2D eigenvalue weighted by molar-refractivity contribution is 7.99. The predicted octanol–water partition coefficient (Wildman–Crippen LogP) is 4.94. The van der Waals surface area contributed by atoms with Crippen LogP contribution in [0.5, 0.6) is 0 Å². The average Bonchev–Trinajstić information content (AvgIpc) is 3.20. The first kappa shape index (κ1) is 19.8. The van der Waals surface area contributed by atoms with Crippen LogP contribution in [0, 0.1) is 6.92 Å². The van der Waals surface area contributed by atoms with Crippen LogP contribution in [0.1, 0.15) is 16.1 Å². The monoisotopic (exact) mass is 419 g/mol. The van der Waals surface area contributed by atoms with E-state index in [1.165, 1.54) is 11.8 Å². The summed E-state index contributed by atoms with van der Waals surface area (Å²) >= 11 is 8.96. The van der Waals surface area contributed by atoms with Crippen molar-refractivity contribution in [3.63, 3.8) is 0 Å². The standard InChI is InChI=1S/C19H18ClN3O2S2/c1-12-16(19(26-2)23-17(22-12)15-4-3-10-25-15)18(24)21-9-11-27-14-7-5-13(20)6-8-14/h3-8,10H,9,11H2,1-2H3,(H,21,24). The number of nitrogens with one attached hydrogen (secondary N) is 1. The summed E-state index contributed by atoms with van der Waals surface area (Å²) in [5, 5.41) is 4.30. The number of halogens is 1. The number of hydrogen-bond acceptors (Lipinski definition) is 6. The lowest BCUT2D eigenvalue weighted by Gasteiger charge is -2.11. The minimum atomic E-state index is -0.167. The third kappa shape index (κ3) is 5.06. The number of aromatic nitrogens is 2. The third-order valence-electron chi connectivity index (χ3n) is 3.69. The molecule has 0 unspecified atom stereocenters. The summed E-state index contributed by atoms with van der Waals surface area (Å²) in [6, 6.07) is 11.2. The highest BCUT2D eigenvalue weighted by Crippen LogP contribution is 2.25. The fraction of sp³-hybridized carbons (Fsp3) is 0.211. The Kier molecular flexibility index (Phi) is 6.82. The fourth-order valence-electron chi connectivity index (χ4n) is 2.42. The average molecular weight is 420 g/mol. The van der Waals surface area contributed by atoms with Gasteiger partial charge in [0.25, 0.3) is 5.91 Å². The van der Waals surface area contributed by atoms with Gasteiger partial charge in [0.15, 0.2) is 11.6 Å². The van der Waals surface area contributed by atoms with E-state index in [0.717, 1.165) is 10.6 Å². The third-order valence-corrected chi connectivity index (χ3v) is 5.64. The van der Waals surface area contributed by atoms with Crippen molar-refractivity contribution in [3.8, 4) is 11.6 Å². The van der Waals surface area contributed by atoms with E-state index in [0.29, 0.717) is 39.4 Å². The highest BCUT2D eigenvalue weighted by Gasteiger charge is 2.19. The first-order valence-electron chi connectivity index (χ1n) is 8.21. The molecule has 8 heteroatoms. The maximum absolute atomic E-state index is 12.6. The normalized spacial score (nSPS) is 10.8. The van der Waals surface area contributed by atoms with Crippen molar-refractivity contribution in [3.05, 3.63) is 58.9 Å². The van der Waals surface area contributed by atoms with Crippen LogP contribution < -0.4 is 5.32 Å². The second-order valence-corrected chi connectivity index (χ2v) is 7.95. The Morgan fingerprint density at radius 3 is 2.67 bits per heavy atom. The van der Waals surface area contributed by atoms with Crippen LogP contribution in [-0.4, -0.2) is 34.4 Å². The molecule has 0 aliphatic carbocycles. The lowest BCUT2D eigenvalue weighted by Crippen LogP contribution is -2.27. The Balaban J connectivity index is 1.64. The van der Waals surface area contributed by atoms with Gasteiger partial charge in [0, 0.05) is 22.2 Å². The van der Waals surface area contributed by atoms with Crippen LogP contribution in [0.2, 0.25) is 5.02 Å². The van der Waals surface area contributed by atoms with E-state index < -0.39 is 0 Å². The van der Waals surface area contributed by atoms with E-state index in [1.54, 1.807) is 30.2 Å². The molecule has 0 bridgehead atoms. The maximum atomic E-state index is 12.6. The topological polar surface area (TPSA) is 68.0 Å². The summed E-state index contributed by atoms with van der Waals surface area (Å²) in [6.07, 6.45) is 3.46. The van der Waals surface area contributed by atoms with Crippen molar-refractivity contribution in [1.29, 1.82) is 0 Å². The molecule has 0 aliphatic heterocycles. The Hall–Kier alpha value is -1.96. The van der Waals surface area contributed by atoms with Crippen molar-refractivity contribution < 1.29 is 9.21 Å². The molecule has 1 N–H and O–H groups in total. The number of rotatable bonds is 7. The molecule has 0 aliphatic rings. The molecule has 2 aromatic heterocycles. The van der Waals surface area contributed by atoms with Gasteiger partial charge in [0.05, 0.1) is 17.5 Å². The number of nitrogens with zero attached hydrogens (tertiary/aromatic N) is 2. The smallest absolute Gasteiger partial charge is 0.255 e. The number of aryl methyl sites for hydroxylation is 1. The van der Waals surface area contributed by atoms with Crippen LogP contribution in [0.4, 0.5) is 0 Å². The van der Waals surface area contributed by atoms with Crippen LogP contribution >= 0.6 is 35.1 Å². The number of amides is 1. The van der Waals surface area contributed by atoms with Gasteiger partial charge in [0.2, 0.25) is 0 Å². The second-order valence-electron chi connectivity index (χ2n) is 5.55. The Labute approximate surface area is 171 Å². The molecule has 27 heavy (non-hydrogen) atoms. The van der Waals surface area contributed by atoms with E-state index in [4.69, 9.17) is 16.0 Å². The summed E-state index contributed by atoms with van der Waals surface area (Å²) in [6.45, 7) is 2.35. The van der Waals surface area contributed by atoms with Gasteiger partial charge >= 0.3 is 0 Å². The summed E-state index contributed by atoms with van der Waals surface area (Å²) in [5.41, 5.74) is 1.14. The molecule has 0 atom stereocenters. The largest absolute Gasteiger partial charge is 0.461 e. The zero-order chi connectivity index (χ0) is 19.2. The molecule has 3 rings (SSSR count). The van der Waals surface area contributed by atoms with E-state index in [9.17, 15) is 4.79 Å². The van der Waals surface area contributed by atoms with Crippen molar-refractivity contribution in [2.45, 2.75) is 16.8 Å². The molecule has 0 radical (unpaired) electrons. The van der Waals surface area contributed by atoms with Gasteiger partial charge < -0.3 is 9.73 Å². The first-order chi connectivity index (χ1) is 13.1. The number of carbonyl (C=O) groups excluding carboxylic acids is 1. The Morgan fingerprint density at radius 1 is 1.22 bits per heavy atom. The minimum Gasteiger partial charge on any atom is -0.461 e. The van der Waals surface area contributed by atoms with Crippen molar-refractivity contribution in [2.75, 3.05) is 18.6 Å². The summed E-state index contributed by atoms with van der Waals surface area (Å²) in [4.78, 5) is 22.7. The Bertz CT molecular complexity index is 915. The number of benzene rings is 1. The van der Waals surface area contributed by atoms with Crippen LogP contribution in [0.25, 0.3) is 11.6 Å². The van der Waals surface area contributed by atoms with E-state index in [1.807, 2.05) is 37.4 Å². The van der Waals surface area contributed by atoms with Crippen LogP contribution in [-0.2, 0) is 0 Å². The summed E-state index contributed by atoms with van der Waals surface area (Å²) in [7, 11) is 0. The van der Waals surface area contributed by atoms with Crippen LogP contribution in [0.3, 0.4) is 0 Å². The highest BCUT2D eigenvalue weighted by atomic mass is 35.5. The van der Waals surface area contributed by atoms with Crippen molar-refractivity contribution in [1.82, 2.24) is 15.3 Å². The number of carbonyl (C=O) groups is 1. The number of furan rings is 1. The van der Waals surface area contributed by atoms with E-state index in [-0.39, 0.29) is 5.91 Å². The SMILES string of the molecule is CSc1nc(-c2ccco2)nc(C)c1C(=O)NCCSc1ccc(Cl)cc1. The number of thioether (sulfide) groups is 2. The van der Waals surface area contributed by atoms with E-state index >= 15 is 0 Å². The molecule has 140 valence electrons. The molecule has 0 spiro atoms. The number of hydrogen-bond donors (Lipinski definition) is 1. The summed E-state index contributed by atoms with van der Waals surface area (Å²) in [5.74, 6) is 1.66. The van der Waals surface area contributed by atoms with Crippen LogP contribution in [0.15, 0.2) is 57.0 Å². The maximum Gasteiger partial charge on any atom is 0.255 e. The van der Waals surface area contributed by atoms with Gasteiger partial charge in [-0.05, 0) is 49.6 Å². The molecule has 0 saturated heterocycles. The summed E-state index contributed by atoms with van der Waals surface area (Å²) < 4.78 is 5.36. The van der Waals surface area contributed by atoms with Gasteiger partial charge in [-0.25, -0.2) is 9.97 Å². The molecule has 3 aromatic rings. The van der Waals surface area contributed by atoms with Crippen molar-refractivity contribution >= 4 is 41.0 Å². The zero-order valence-corrected chi connectivity index (χ0v) is 17.2. The lowest BCUT2D eigenvalue weighted by atomic mass is 10.2. The molecule has 2 heterocycles. The molecule has 0 saturated carbocycles. The van der Waals surface area contributed by atoms with Gasteiger partial charge in [0.1, 0.15) is 5.03 Å². The molecule has 1 aromatic carbocycles. The second kappa shape index (κ2) is 9.30. The van der Waals surface area contributed by atoms with Gasteiger partial charge in [-0.2, -0.15) is 0 Å². The fourth-order valence-corrected chi connectivity index (χ4v) is 3.94. The quantitative estimate of drug-likeness (QED) is 0.332. The zero-order valence-electron chi connectivity index (χ0n) is 14.9. The molecule has 0 fully saturated rings. The first-order valence-corrected chi connectivity index (χ1v) is 10.8. The molecule has 1 amide bonds. The molecular weight excluding hydrogens is 402 g/mol. The van der Waals surface area contributed by atoms with Crippen molar-refractivity contribution in [2.24, 2.45) is 0 Å². The van der Waals surface area contributed by atoms with Gasteiger partial charge in [-0.15, -0.1) is 23.5 Å². The predicted molar refractivity (Wildman–Crippen MR) is 111 cm³/mol. The minimum absolute atomic E-state index is 0.167. The Morgan fingerprint density at radius 2 is 2.00 bits per heavy atom. The van der Waals surface area contributed by atoms with Gasteiger partial charge in [-0.1, -0.05) is 11.6 Å². The molecular formula is C19H18ClN3O2S2.